The molecule has 4 nitrogen and oxygen atoms in total. The zero-order valence-electron chi connectivity index (χ0n) is 4.47. The van der Waals surface area contributed by atoms with Gasteiger partial charge in [-0.25, -0.2) is 0 Å². The van der Waals surface area contributed by atoms with Crippen LogP contribution in [-0.2, 0) is 9.59 Å². The van der Waals surface area contributed by atoms with E-state index in [1.54, 1.807) is 0 Å². The quantitative estimate of drug-likeness (QED) is 0.355. The fourth-order valence-electron chi connectivity index (χ4n) is 0.534. The molecule has 1 aliphatic heterocycles. The van der Waals surface area contributed by atoms with Gasteiger partial charge in [-0.05, 0) is 0 Å². The van der Waals surface area contributed by atoms with Crippen LogP contribution in [0.5, 0.6) is 0 Å². The minimum atomic E-state index is -0.491. The summed E-state index contributed by atoms with van der Waals surface area (Å²) in [5, 5.41) is 8.61. The van der Waals surface area contributed by atoms with E-state index in [9.17, 15) is 9.59 Å². The van der Waals surface area contributed by atoms with E-state index in [0.29, 0.717) is 0 Å². The molecule has 0 unspecified atom stereocenters. The summed E-state index contributed by atoms with van der Waals surface area (Å²) in [7, 11) is 0. The molecule has 2 amide bonds. The van der Waals surface area contributed by atoms with Gasteiger partial charge in [-0.2, -0.15) is 0 Å². The minimum Gasteiger partial charge on any atom is -0.308 e. The van der Waals surface area contributed by atoms with Crippen LogP contribution in [0.3, 0.4) is 0 Å². The fourth-order valence-corrected chi connectivity index (χ4v) is 0.534. The van der Waals surface area contributed by atoms with Gasteiger partial charge in [0.2, 0.25) is 0 Å². The summed E-state index contributed by atoms with van der Waals surface area (Å²) < 4.78 is 0. The average Bonchev–Trinajstić information content (AvgIpc) is 2.10. The zero-order chi connectivity index (χ0) is 6.85. The van der Waals surface area contributed by atoms with E-state index in [-0.39, 0.29) is 5.57 Å². The maximum atomic E-state index is 10.5. The van der Waals surface area contributed by atoms with Crippen LogP contribution in [-0.4, -0.2) is 18.0 Å². The van der Waals surface area contributed by atoms with E-state index in [1.165, 1.54) is 0 Å². The summed E-state index contributed by atoms with van der Waals surface area (Å²) in [6.07, 6.45) is 1.94. The van der Waals surface area contributed by atoms with Gasteiger partial charge in [-0.15, -0.1) is 0 Å². The second kappa shape index (κ2) is 1.81. The Morgan fingerprint density at radius 3 is 2.44 bits per heavy atom. The molecule has 0 saturated heterocycles. The molecule has 46 valence electrons. The van der Waals surface area contributed by atoms with Crippen molar-refractivity contribution in [1.29, 1.82) is 5.41 Å². The van der Waals surface area contributed by atoms with Gasteiger partial charge in [-0.1, -0.05) is 0 Å². The average molecular weight is 124 g/mol. The number of rotatable bonds is 1. The Balaban J connectivity index is 2.93. The largest absolute Gasteiger partial charge is 0.308 e. The van der Waals surface area contributed by atoms with Crippen molar-refractivity contribution in [2.75, 3.05) is 0 Å². The molecule has 0 radical (unpaired) electrons. The maximum absolute atomic E-state index is 10.5. The molecule has 0 bridgehead atoms. The molecule has 0 aromatic rings. The van der Waals surface area contributed by atoms with Crippen LogP contribution in [0.1, 0.15) is 0 Å². The third kappa shape index (κ3) is 0.861. The highest BCUT2D eigenvalue weighted by Crippen LogP contribution is 1.96. The lowest BCUT2D eigenvalue weighted by molar-refractivity contribution is -0.123. The summed E-state index contributed by atoms with van der Waals surface area (Å²) in [4.78, 5) is 20.8. The van der Waals surface area contributed by atoms with Gasteiger partial charge >= 0.3 is 0 Å². The fraction of sp³-hybridized carbons (Fsp3) is 0. The number of hydrogen-bond acceptors (Lipinski definition) is 3. The Morgan fingerprint density at radius 2 is 2.22 bits per heavy atom. The third-order valence-corrected chi connectivity index (χ3v) is 0.941. The molecule has 0 aromatic carbocycles. The highest BCUT2D eigenvalue weighted by atomic mass is 16.2. The van der Waals surface area contributed by atoms with Crippen molar-refractivity contribution >= 4 is 18.0 Å². The van der Waals surface area contributed by atoms with E-state index >= 15 is 0 Å². The van der Waals surface area contributed by atoms with Gasteiger partial charge in [-0.3, -0.25) is 14.9 Å². The Bertz CT molecular complexity index is 217. The molecule has 1 aliphatic rings. The zero-order valence-corrected chi connectivity index (χ0v) is 4.47. The molecule has 0 aromatic heterocycles. The van der Waals surface area contributed by atoms with Gasteiger partial charge in [0.15, 0.2) is 0 Å². The first-order valence-electron chi connectivity index (χ1n) is 2.31. The molecule has 1 heterocycles. The predicted molar refractivity (Wildman–Crippen MR) is 30.0 cm³/mol. The van der Waals surface area contributed by atoms with Crippen molar-refractivity contribution in [2.24, 2.45) is 0 Å². The molecule has 1 rings (SSSR count). The number of imide groups is 1. The molecule has 0 saturated carbocycles. The standard InChI is InChI=1S/C5H4N2O2/c6-2-3-1-4(8)7-5(3)9/h1-2,6H,(H,7,8,9). The number of carbonyl (C=O) groups excluding carboxylic acids is 2. The Hall–Kier alpha value is -1.45. The molecule has 0 atom stereocenters. The van der Waals surface area contributed by atoms with E-state index in [1.807, 2.05) is 5.32 Å². The minimum absolute atomic E-state index is 0.111. The summed E-state index contributed by atoms with van der Waals surface area (Å²) in [5.41, 5.74) is 0.111. The second-order valence-electron chi connectivity index (χ2n) is 1.56. The Kier molecular flexibility index (Phi) is 1.14. The Morgan fingerprint density at radius 1 is 1.56 bits per heavy atom. The molecule has 2 N–H and O–H groups in total. The smallest absolute Gasteiger partial charge is 0.259 e. The number of hydrogen-bond donors (Lipinski definition) is 2. The third-order valence-electron chi connectivity index (χ3n) is 0.941. The van der Waals surface area contributed by atoms with E-state index in [4.69, 9.17) is 5.41 Å². The van der Waals surface area contributed by atoms with Crippen LogP contribution in [0.4, 0.5) is 0 Å². The van der Waals surface area contributed by atoms with Crippen molar-refractivity contribution in [1.82, 2.24) is 5.32 Å². The van der Waals surface area contributed by atoms with Crippen LogP contribution in [0.2, 0.25) is 0 Å². The lowest BCUT2D eigenvalue weighted by atomic mass is 10.3. The molecular weight excluding hydrogens is 120 g/mol. The van der Waals surface area contributed by atoms with Crippen LogP contribution in [0, 0.1) is 5.41 Å². The van der Waals surface area contributed by atoms with E-state index in [0.717, 1.165) is 12.3 Å². The van der Waals surface area contributed by atoms with Crippen molar-refractivity contribution in [3.8, 4) is 0 Å². The van der Waals surface area contributed by atoms with Crippen LogP contribution in [0.25, 0.3) is 0 Å². The lowest BCUT2D eigenvalue weighted by Gasteiger charge is -1.85. The molecule has 9 heavy (non-hydrogen) atoms. The molecule has 0 aliphatic carbocycles. The summed E-state index contributed by atoms with van der Waals surface area (Å²) in [6.45, 7) is 0. The summed E-state index contributed by atoms with van der Waals surface area (Å²) in [5.74, 6) is -0.937. The number of amides is 2. The topological polar surface area (TPSA) is 70.0 Å². The molecule has 0 fully saturated rings. The van der Waals surface area contributed by atoms with Crippen molar-refractivity contribution in [3.63, 3.8) is 0 Å². The van der Waals surface area contributed by atoms with Gasteiger partial charge in [0.1, 0.15) is 0 Å². The van der Waals surface area contributed by atoms with Crippen LogP contribution in [0.15, 0.2) is 11.6 Å². The summed E-state index contributed by atoms with van der Waals surface area (Å²) >= 11 is 0. The highest BCUT2D eigenvalue weighted by molar-refractivity contribution is 6.25. The second-order valence-corrected chi connectivity index (χ2v) is 1.56. The Labute approximate surface area is 51.1 Å². The van der Waals surface area contributed by atoms with Gasteiger partial charge in [0, 0.05) is 12.3 Å². The predicted octanol–water partition coefficient (Wildman–Crippen LogP) is -0.781. The molecule has 4 heteroatoms. The lowest BCUT2D eigenvalue weighted by Crippen LogP contribution is -2.22. The van der Waals surface area contributed by atoms with Crippen molar-refractivity contribution in [2.45, 2.75) is 0 Å². The van der Waals surface area contributed by atoms with Crippen LogP contribution >= 0.6 is 0 Å². The van der Waals surface area contributed by atoms with E-state index < -0.39 is 11.8 Å². The summed E-state index contributed by atoms with van der Waals surface area (Å²) in [6, 6.07) is 0. The molecule has 0 spiro atoms. The monoisotopic (exact) mass is 124 g/mol. The first-order valence-corrected chi connectivity index (χ1v) is 2.31. The first kappa shape index (κ1) is 5.68. The van der Waals surface area contributed by atoms with Gasteiger partial charge < -0.3 is 5.41 Å². The van der Waals surface area contributed by atoms with Gasteiger partial charge in [0.25, 0.3) is 11.8 Å². The van der Waals surface area contributed by atoms with E-state index in [2.05, 4.69) is 0 Å². The molecular formula is C5H4N2O2. The van der Waals surface area contributed by atoms with Crippen molar-refractivity contribution < 1.29 is 9.59 Å². The number of nitrogens with one attached hydrogen (secondary N) is 2. The maximum Gasteiger partial charge on any atom is 0.259 e. The normalized spacial score (nSPS) is 17.1. The number of carbonyl (C=O) groups is 2. The van der Waals surface area contributed by atoms with Gasteiger partial charge in [0.05, 0.1) is 5.57 Å². The van der Waals surface area contributed by atoms with Crippen LogP contribution < -0.4 is 5.32 Å². The highest BCUT2D eigenvalue weighted by Gasteiger charge is 2.17. The SMILES string of the molecule is N=CC1=CC(=O)NC1=O. The first-order chi connectivity index (χ1) is 4.24. The van der Waals surface area contributed by atoms with Crippen molar-refractivity contribution in [3.05, 3.63) is 11.6 Å².